The van der Waals surface area contributed by atoms with E-state index in [9.17, 15) is 4.79 Å². The Balaban J connectivity index is 2.37. The van der Waals surface area contributed by atoms with Gasteiger partial charge in [-0.05, 0) is 37.5 Å². The Morgan fingerprint density at radius 2 is 2.06 bits per heavy atom. The van der Waals surface area contributed by atoms with Crippen LogP contribution < -0.4 is 15.8 Å². The van der Waals surface area contributed by atoms with E-state index in [1.807, 2.05) is 38.1 Å². The third-order valence-electron chi connectivity index (χ3n) is 2.42. The van der Waals surface area contributed by atoms with E-state index in [1.54, 1.807) is 0 Å². The van der Waals surface area contributed by atoms with Gasteiger partial charge < -0.3 is 15.8 Å². The second-order valence-corrected chi connectivity index (χ2v) is 4.46. The summed E-state index contributed by atoms with van der Waals surface area (Å²) in [6.45, 7) is 4.74. The van der Waals surface area contributed by atoms with Crippen LogP contribution in [0.2, 0.25) is 0 Å². The molecule has 18 heavy (non-hydrogen) atoms. The van der Waals surface area contributed by atoms with Crippen LogP contribution in [0.4, 0.5) is 0 Å². The van der Waals surface area contributed by atoms with Gasteiger partial charge in [-0.15, -0.1) is 0 Å². The lowest BCUT2D eigenvalue weighted by Crippen LogP contribution is -2.29. The molecule has 0 fully saturated rings. The van der Waals surface area contributed by atoms with Gasteiger partial charge in [0, 0.05) is 12.6 Å². The van der Waals surface area contributed by atoms with Crippen LogP contribution in [-0.4, -0.2) is 25.1 Å². The van der Waals surface area contributed by atoms with Gasteiger partial charge in [-0.3, -0.25) is 4.79 Å². The smallest absolute Gasteiger partial charge is 0.257 e. The summed E-state index contributed by atoms with van der Waals surface area (Å²) in [4.78, 5) is 11.3. The van der Waals surface area contributed by atoms with Gasteiger partial charge in [-0.1, -0.05) is 19.1 Å². The summed E-state index contributed by atoms with van der Waals surface area (Å²) in [5, 5.41) is 2.76. The minimum atomic E-state index is -0.0866. The minimum Gasteiger partial charge on any atom is -0.484 e. The first-order chi connectivity index (χ1) is 8.61. The van der Waals surface area contributed by atoms with Crippen molar-refractivity contribution < 1.29 is 9.53 Å². The molecule has 100 valence electrons. The molecule has 0 aliphatic rings. The Morgan fingerprint density at radius 1 is 1.39 bits per heavy atom. The molecular weight excluding hydrogens is 228 g/mol. The van der Waals surface area contributed by atoms with Crippen LogP contribution in [0.25, 0.3) is 0 Å². The summed E-state index contributed by atoms with van der Waals surface area (Å²) in [7, 11) is 0. The third-order valence-corrected chi connectivity index (χ3v) is 2.42. The SMILES string of the molecule is CCCNC(=O)COc1ccc(CC(C)N)cc1. The molecule has 0 spiro atoms. The van der Waals surface area contributed by atoms with E-state index in [0.29, 0.717) is 12.3 Å². The summed E-state index contributed by atoms with van der Waals surface area (Å²) in [5.74, 6) is 0.617. The molecule has 1 aromatic rings. The molecule has 0 saturated heterocycles. The van der Waals surface area contributed by atoms with E-state index in [1.165, 1.54) is 5.56 Å². The number of carbonyl (C=O) groups excluding carboxylic acids is 1. The van der Waals surface area contributed by atoms with Crippen molar-refractivity contribution >= 4 is 5.91 Å². The Labute approximate surface area is 109 Å². The van der Waals surface area contributed by atoms with Gasteiger partial charge in [0.1, 0.15) is 5.75 Å². The number of hydrogen-bond acceptors (Lipinski definition) is 3. The zero-order valence-electron chi connectivity index (χ0n) is 11.1. The van der Waals surface area contributed by atoms with E-state index in [-0.39, 0.29) is 18.6 Å². The molecule has 0 aliphatic carbocycles. The average Bonchev–Trinajstić information content (AvgIpc) is 2.35. The van der Waals surface area contributed by atoms with E-state index >= 15 is 0 Å². The van der Waals surface area contributed by atoms with Crippen molar-refractivity contribution in [3.63, 3.8) is 0 Å². The fourth-order valence-electron chi connectivity index (χ4n) is 1.56. The molecular formula is C14H22N2O2. The lowest BCUT2D eigenvalue weighted by atomic mass is 10.1. The molecule has 0 heterocycles. The highest BCUT2D eigenvalue weighted by molar-refractivity contribution is 5.77. The second-order valence-electron chi connectivity index (χ2n) is 4.46. The molecule has 0 radical (unpaired) electrons. The van der Waals surface area contributed by atoms with Crippen LogP contribution >= 0.6 is 0 Å². The van der Waals surface area contributed by atoms with Crippen molar-refractivity contribution in [2.24, 2.45) is 5.73 Å². The molecule has 1 aromatic carbocycles. The van der Waals surface area contributed by atoms with Crippen LogP contribution in [-0.2, 0) is 11.2 Å². The number of carbonyl (C=O) groups is 1. The monoisotopic (exact) mass is 250 g/mol. The molecule has 0 aliphatic heterocycles. The van der Waals surface area contributed by atoms with E-state index in [2.05, 4.69) is 5.32 Å². The number of hydrogen-bond donors (Lipinski definition) is 2. The lowest BCUT2D eigenvalue weighted by Gasteiger charge is -2.08. The molecule has 3 N–H and O–H groups in total. The standard InChI is InChI=1S/C14H22N2O2/c1-3-8-16-14(17)10-18-13-6-4-12(5-7-13)9-11(2)15/h4-7,11H,3,8-10,15H2,1-2H3,(H,16,17). The van der Waals surface area contributed by atoms with E-state index in [0.717, 1.165) is 12.8 Å². The molecule has 4 nitrogen and oxygen atoms in total. The predicted molar refractivity (Wildman–Crippen MR) is 72.6 cm³/mol. The average molecular weight is 250 g/mol. The summed E-state index contributed by atoms with van der Waals surface area (Å²) in [5.41, 5.74) is 6.90. The van der Waals surface area contributed by atoms with Gasteiger partial charge in [0.15, 0.2) is 6.61 Å². The number of rotatable bonds is 7. The number of nitrogens with two attached hydrogens (primary N) is 1. The van der Waals surface area contributed by atoms with Crippen molar-refractivity contribution in [2.75, 3.05) is 13.2 Å². The summed E-state index contributed by atoms with van der Waals surface area (Å²) in [6, 6.07) is 7.83. The Hall–Kier alpha value is -1.55. The number of nitrogens with one attached hydrogen (secondary N) is 1. The fourth-order valence-corrected chi connectivity index (χ4v) is 1.56. The van der Waals surface area contributed by atoms with Gasteiger partial charge in [0.2, 0.25) is 0 Å². The number of ether oxygens (including phenoxy) is 1. The van der Waals surface area contributed by atoms with Crippen LogP contribution in [0.3, 0.4) is 0 Å². The van der Waals surface area contributed by atoms with E-state index in [4.69, 9.17) is 10.5 Å². The topological polar surface area (TPSA) is 64.3 Å². The first-order valence-electron chi connectivity index (χ1n) is 6.35. The first-order valence-corrected chi connectivity index (χ1v) is 6.35. The van der Waals surface area contributed by atoms with Crippen LogP contribution in [0.5, 0.6) is 5.75 Å². The van der Waals surface area contributed by atoms with Gasteiger partial charge in [0.05, 0.1) is 0 Å². The molecule has 1 unspecified atom stereocenters. The summed E-state index contributed by atoms with van der Waals surface area (Å²) in [6.07, 6.45) is 1.77. The maximum atomic E-state index is 11.3. The van der Waals surface area contributed by atoms with Crippen LogP contribution in [0.15, 0.2) is 24.3 Å². The van der Waals surface area contributed by atoms with Crippen molar-refractivity contribution in [3.05, 3.63) is 29.8 Å². The molecule has 0 bridgehead atoms. The third kappa shape index (κ3) is 5.68. The summed E-state index contributed by atoms with van der Waals surface area (Å²) < 4.78 is 5.38. The molecule has 1 rings (SSSR count). The van der Waals surface area contributed by atoms with Crippen molar-refractivity contribution in [1.82, 2.24) is 5.32 Å². The van der Waals surface area contributed by atoms with Gasteiger partial charge in [0.25, 0.3) is 5.91 Å². The molecule has 1 amide bonds. The highest BCUT2D eigenvalue weighted by atomic mass is 16.5. The molecule has 0 saturated carbocycles. The van der Waals surface area contributed by atoms with E-state index < -0.39 is 0 Å². The van der Waals surface area contributed by atoms with Crippen LogP contribution in [0.1, 0.15) is 25.8 Å². The molecule has 0 aromatic heterocycles. The zero-order chi connectivity index (χ0) is 13.4. The number of amides is 1. The van der Waals surface area contributed by atoms with Crippen molar-refractivity contribution in [1.29, 1.82) is 0 Å². The second kappa shape index (κ2) is 7.71. The van der Waals surface area contributed by atoms with Gasteiger partial charge >= 0.3 is 0 Å². The predicted octanol–water partition coefficient (Wildman–Crippen LogP) is 1.48. The fraction of sp³-hybridized carbons (Fsp3) is 0.500. The quantitative estimate of drug-likeness (QED) is 0.770. The van der Waals surface area contributed by atoms with Crippen LogP contribution in [0, 0.1) is 0 Å². The Bertz CT molecular complexity index is 361. The van der Waals surface area contributed by atoms with Crippen molar-refractivity contribution in [2.45, 2.75) is 32.7 Å². The molecule has 4 heteroatoms. The highest BCUT2D eigenvalue weighted by Gasteiger charge is 2.02. The van der Waals surface area contributed by atoms with Gasteiger partial charge in [-0.2, -0.15) is 0 Å². The number of benzene rings is 1. The maximum absolute atomic E-state index is 11.3. The largest absolute Gasteiger partial charge is 0.484 e. The molecule has 1 atom stereocenters. The summed E-state index contributed by atoms with van der Waals surface area (Å²) >= 11 is 0. The first kappa shape index (κ1) is 14.5. The highest BCUT2D eigenvalue weighted by Crippen LogP contribution is 2.12. The Kier molecular flexibility index (Phi) is 6.22. The minimum absolute atomic E-state index is 0.0621. The van der Waals surface area contributed by atoms with Gasteiger partial charge in [-0.25, -0.2) is 0 Å². The zero-order valence-corrected chi connectivity index (χ0v) is 11.1. The maximum Gasteiger partial charge on any atom is 0.257 e. The normalized spacial score (nSPS) is 11.9. The lowest BCUT2D eigenvalue weighted by molar-refractivity contribution is -0.123. The Morgan fingerprint density at radius 3 is 2.61 bits per heavy atom. The van der Waals surface area contributed by atoms with Crippen molar-refractivity contribution in [3.8, 4) is 5.75 Å².